The Kier molecular flexibility index (Phi) is 96.8. The van der Waals surface area contributed by atoms with Gasteiger partial charge in [-0.25, -0.2) is 9.59 Å². The molecule has 0 fully saturated rings. The molecule has 0 aliphatic carbocycles. The van der Waals surface area contributed by atoms with Crippen LogP contribution >= 0.6 is 0 Å². The van der Waals surface area contributed by atoms with Crippen LogP contribution in [-0.4, -0.2) is 68.7 Å². The quantitative estimate of drug-likeness (QED) is 0.0703. The van der Waals surface area contributed by atoms with Crippen molar-refractivity contribution in [3.8, 4) is 0 Å². The van der Waals surface area contributed by atoms with Crippen LogP contribution in [0.25, 0.3) is 0 Å². The van der Waals surface area contributed by atoms with E-state index < -0.39 is 59.3 Å². The Morgan fingerprint density at radius 3 is 0.800 bits per heavy atom. The number of hydrogen-bond donors (Lipinski definition) is 6. The Bertz CT molecular complexity index is 880. The first-order valence-electron chi connectivity index (χ1n) is 12.6. The number of carboxylic acid groups (broad SMARTS) is 4. The van der Waals surface area contributed by atoms with Crippen LogP contribution in [0.4, 0.5) is 0 Å². The number of aliphatic carboxylic acids is 4. The van der Waals surface area contributed by atoms with Gasteiger partial charge in [0, 0.05) is 35.9 Å². The van der Waals surface area contributed by atoms with Gasteiger partial charge in [-0.05, 0) is 49.7 Å². The fourth-order valence-corrected chi connectivity index (χ4v) is 2.01. The molecule has 0 heterocycles. The van der Waals surface area contributed by atoms with Crippen LogP contribution < -0.4 is 195 Å². The zero-order chi connectivity index (χ0) is 36.6. The maximum atomic E-state index is 10.7. The molecule has 0 saturated carbocycles. The Labute approximate surface area is 422 Å². The third kappa shape index (κ3) is 81.8. The maximum absolute atomic E-state index is 10.7. The van der Waals surface area contributed by atoms with E-state index in [0.29, 0.717) is 12.8 Å². The van der Waals surface area contributed by atoms with Gasteiger partial charge in [0.05, 0.1) is 0 Å². The van der Waals surface area contributed by atoms with Crippen molar-refractivity contribution in [2.75, 3.05) is 0 Å². The molecule has 0 aliphatic rings. The van der Waals surface area contributed by atoms with Crippen LogP contribution in [0.5, 0.6) is 0 Å². The minimum absolute atomic E-state index is 0. The second-order valence-corrected chi connectivity index (χ2v) is 8.22. The predicted molar refractivity (Wildman–Crippen MR) is 162 cm³/mol. The van der Waals surface area contributed by atoms with Crippen LogP contribution in [0.3, 0.4) is 0 Å². The molecule has 22 heteroatoms. The molecule has 0 saturated heterocycles. The molecule has 4 atom stereocenters. The van der Waals surface area contributed by atoms with Gasteiger partial charge in [-0.3, -0.25) is 19.2 Å². The average Bonchev–Trinajstić information content (AvgIpc) is 2.95. The summed E-state index contributed by atoms with van der Waals surface area (Å²) >= 11 is 0. The van der Waals surface area contributed by atoms with Crippen molar-refractivity contribution in [1.82, 2.24) is 0 Å². The second kappa shape index (κ2) is 58.2. The maximum Gasteiger partial charge on any atom is 1.00 e. The van der Waals surface area contributed by atoms with Crippen molar-refractivity contribution in [3.05, 3.63) is 50.6 Å². The Hall–Kier alpha value is -0.0873. The first-order valence-corrected chi connectivity index (χ1v) is 12.6. The Balaban J connectivity index is -0.0000000355. The molecule has 50 heavy (non-hydrogen) atoms. The number of carbonyl (C=O) groups is 8. The minimum Gasteiger partial charge on any atom is -0.870 e. The number of carbonyl (C=O) groups excluding carboxylic acids is 6. The largest absolute Gasteiger partial charge is 1.00 e. The summed E-state index contributed by atoms with van der Waals surface area (Å²) in [4.78, 5) is 79.5. The molecule has 0 radical (unpaired) electrons. The van der Waals surface area contributed by atoms with Gasteiger partial charge in [0.25, 0.3) is 0 Å². The van der Waals surface area contributed by atoms with Gasteiger partial charge in [-0.15, -0.1) is 0 Å². The van der Waals surface area contributed by atoms with Crippen LogP contribution in [0.2, 0.25) is 0 Å². The molecule has 0 aliphatic heterocycles. The van der Waals surface area contributed by atoms with Gasteiger partial charge in [0.2, 0.25) is 23.6 Å². The molecule has 4 amide bonds. The van der Waals surface area contributed by atoms with E-state index >= 15 is 0 Å². The van der Waals surface area contributed by atoms with E-state index in [1.807, 2.05) is 0 Å². The SMILES string of the molecule is C=CC(=O)O.C=CC(=O)O.C=CC(N)=O.C=CC(N)=O.CCC(CC(C)C(=O)[O-])C(N)=O.CCC(CC(C)C(=O)[O-])C(N)=O.[K+].[K+].[Na+].[Na+].[OH-].[OH-]. The predicted octanol–water partition coefficient (Wildman–Crippen LogP) is -14.0. The van der Waals surface area contributed by atoms with Crippen LogP contribution in [0.15, 0.2) is 50.6 Å². The van der Waals surface area contributed by atoms with Gasteiger partial charge in [-0.1, -0.05) is 54.0 Å². The van der Waals surface area contributed by atoms with Crippen LogP contribution in [0.1, 0.15) is 53.4 Å². The second-order valence-electron chi connectivity index (χ2n) is 8.22. The van der Waals surface area contributed by atoms with Gasteiger partial charge in [0.1, 0.15) is 0 Å². The van der Waals surface area contributed by atoms with Crippen LogP contribution in [-0.2, 0) is 38.4 Å². The summed E-state index contributed by atoms with van der Waals surface area (Å²) in [6, 6.07) is 0. The number of hydrogen-bond acceptors (Lipinski definition) is 12. The van der Waals surface area contributed by atoms with E-state index in [2.05, 4.69) is 37.8 Å². The van der Waals surface area contributed by atoms with E-state index in [0.717, 1.165) is 24.3 Å². The molecule has 0 aromatic heterocycles. The zero-order valence-corrected chi connectivity index (χ0v) is 40.7. The molecule has 0 rings (SSSR count). The molecule has 0 bridgehead atoms. The van der Waals surface area contributed by atoms with Crippen molar-refractivity contribution < 1.29 is 232 Å². The van der Waals surface area contributed by atoms with E-state index in [1.165, 1.54) is 13.8 Å². The summed E-state index contributed by atoms with van der Waals surface area (Å²) in [5.74, 6) is -7.98. The van der Waals surface area contributed by atoms with Gasteiger partial charge >= 0.3 is 174 Å². The van der Waals surface area contributed by atoms with Crippen LogP contribution in [0, 0.1) is 23.7 Å². The normalized spacial score (nSPS) is 9.84. The first kappa shape index (κ1) is 83.1. The molecule has 268 valence electrons. The smallest absolute Gasteiger partial charge is 0.870 e. The number of primary amides is 4. The summed E-state index contributed by atoms with van der Waals surface area (Å²) < 4.78 is 0. The van der Waals surface area contributed by atoms with Crippen molar-refractivity contribution >= 4 is 47.5 Å². The number of amides is 4. The van der Waals surface area contributed by atoms with E-state index in [-0.39, 0.29) is 198 Å². The van der Waals surface area contributed by atoms with Gasteiger partial charge in [-0.2, -0.15) is 0 Å². The number of carboxylic acids is 4. The third-order valence-corrected chi connectivity index (χ3v) is 4.62. The summed E-state index contributed by atoms with van der Waals surface area (Å²) in [6.45, 7) is 18.7. The molecular formula is C28H48K2N4Na2O14. The molecule has 0 aromatic carbocycles. The molecule has 4 unspecified atom stereocenters. The average molecular weight is 789 g/mol. The standard InChI is InChI=1S/2C8H15NO3.2C3H5NO.2C3H4O2.2K.2Na.2H2O/c2*1-3-6(7(9)10)4-5(2)8(11)12;4*1-2-3(4)5;;;;;;/h2*5-6H,3-4H2,1-2H3,(H2,9,10)(H,11,12);2*2H,1H2,(H2,4,5);2*2H,1H2,(H,4,5);;;;;2*1H2/q;;;;;;4*+1;;/p-4. The topological polar surface area (TPSA) is 387 Å². The first-order chi connectivity index (χ1) is 20.1. The monoisotopic (exact) mass is 788 g/mol. The number of nitrogens with two attached hydrogens (primary N) is 4. The molecule has 18 nitrogen and oxygen atoms in total. The third-order valence-electron chi connectivity index (χ3n) is 4.62. The fourth-order valence-electron chi connectivity index (χ4n) is 2.01. The minimum atomic E-state index is -1.13. The number of rotatable bonds is 14. The molecule has 12 N–H and O–H groups in total. The molecule has 0 aromatic rings. The molecular weight excluding hydrogens is 740 g/mol. The fraction of sp³-hybridized carbons (Fsp3) is 0.429. The summed E-state index contributed by atoms with van der Waals surface area (Å²) in [5.41, 5.74) is 19.2. The van der Waals surface area contributed by atoms with E-state index in [9.17, 15) is 48.6 Å². The Morgan fingerprint density at radius 2 is 0.740 bits per heavy atom. The summed E-state index contributed by atoms with van der Waals surface area (Å²) in [5, 5.41) is 35.8. The zero-order valence-electron chi connectivity index (χ0n) is 30.5. The van der Waals surface area contributed by atoms with E-state index in [4.69, 9.17) is 21.7 Å². The van der Waals surface area contributed by atoms with Gasteiger partial charge in [0.15, 0.2) is 0 Å². The van der Waals surface area contributed by atoms with E-state index in [1.54, 1.807) is 13.8 Å². The summed E-state index contributed by atoms with van der Waals surface area (Å²) in [6.07, 6.45) is 5.47. The van der Waals surface area contributed by atoms with Crippen molar-refractivity contribution in [2.45, 2.75) is 53.4 Å². The van der Waals surface area contributed by atoms with Crippen molar-refractivity contribution in [3.63, 3.8) is 0 Å². The van der Waals surface area contributed by atoms with Crippen molar-refractivity contribution in [2.24, 2.45) is 46.6 Å². The van der Waals surface area contributed by atoms with Crippen molar-refractivity contribution in [1.29, 1.82) is 0 Å². The molecule has 0 spiro atoms. The summed E-state index contributed by atoms with van der Waals surface area (Å²) in [7, 11) is 0. The van der Waals surface area contributed by atoms with Gasteiger partial charge < -0.3 is 63.9 Å². The Morgan fingerprint density at radius 1 is 0.580 bits per heavy atom.